The molecule has 0 aliphatic carbocycles. The van der Waals surface area contributed by atoms with Crippen LogP contribution in [-0.4, -0.2) is 4.98 Å². The summed E-state index contributed by atoms with van der Waals surface area (Å²) in [4.78, 5) is 4.36. The molecule has 2 nitrogen and oxygen atoms in total. The van der Waals surface area contributed by atoms with Gasteiger partial charge in [-0.3, -0.25) is 0 Å². The van der Waals surface area contributed by atoms with Crippen LogP contribution in [-0.2, 0) is 6.42 Å². The second-order valence-electron chi connectivity index (χ2n) is 4.16. The Hall–Kier alpha value is -1.09. The number of oxazole rings is 1. The minimum atomic E-state index is 0.682. The van der Waals surface area contributed by atoms with Crippen molar-refractivity contribution in [3.05, 3.63) is 40.4 Å². The molecule has 0 aliphatic heterocycles. The van der Waals surface area contributed by atoms with Crippen molar-refractivity contribution in [2.45, 2.75) is 33.1 Å². The summed E-state index contributed by atoms with van der Waals surface area (Å²) in [6.07, 6.45) is 3.62. The molecule has 0 aliphatic rings. The van der Waals surface area contributed by atoms with Crippen LogP contribution in [0.15, 0.2) is 33.4 Å². The van der Waals surface area contributed by atoms with Crippen molar-refractivity contribution in [1.82, 2.24) is 4.98 Å². The maximum absolute atomic E-state index is 5.37. The average Bonchev–Trinajstić information content (AvgIpc) is 2.66. The van der Waals surface area contributed by atoms with Crippen molar-refractivity contribution < 1.29 is 4.42 Å². The minimum absolute atomic E-state index is 0.682. The fraction of sp³-hybridized carbons (Fsp3) is 0.357. The maximum Gasteiger partial charge on any atom is 0.197 e. The van der Waals surface area contributed by atoms with Crippen molar-refractivity contribution in [3.63, 3.8) is 0 Å². The molecule has 0 amide bonds. The van der Waals surface area contributed by atoms with Crippen LogP contribution in [0.25, 0.3) is 11.3 Å². The molecule has 17 heavy (non-hydrogen) atoms. The molecule has 0 saturated heterocycles. The van der Waals surface area contributed by atoms with Crippen LogP contribution in [0.1, 0.15) is 31.2 Å². The summed E-state index contributed by atoms with van der Waals surface area (Å²) < 4.78 is 6.07. The van der Waals surface area contributed by atoms with E-state index in [0.29, 0.717) is 10.6 Å². The molecule has 0 fully saturated rings. The predicted molar refractivity (Wildman–Crippen MR) is 73.0 cm³/mol. The van der Waals surface area contributed by atoms with Gasteiger partial charge in [0.1, 0.15) is 5.69 Å². The monoisotopic (exact) mass is 293 g/mol. The lowest BCUT2D eigenvalue weighted by Gasteiger charge is -2.01. The van der Waals surface area contributed by atoms with Crippen LogP contribution in [0, 0.1) is 6.92 Å². The summed E-state index contributed by atoms with van der Waals surface area (Å²) in [5.41, 5.74) is 3.35. The average molecular weight is 294 g/mol. The Morgan fingerprint density at radius 1 is 1.24 bits per heavy atom. The molecule has 2 rings (SSSR count). The molecule has 0 atom stereocenters. The first kappa shape index (κ1) is 12.4. The Bertz CT molecular complexity index is 487. The first-order valence-corrected chi connectivity index (χ1v) is 6.72. The van der Waals surface area contributed by atoms with Gasteiger partial charge in [-0.15, -0.1) is 0 Å². The number of unbranched alkanes of at least 4 members (excludes halogenated alkanes) is 1. The van der Waals surface area contributed by atoms with Crippen LogP contribution < -0.4 is 0 Å². The lowest BCUT2D eigenvalue weighted by Crippen LogP contribution is -1.85. The smallest absolute Gasteiger partial charge is 0.197 e. The molecule has 0 unspecified atom stereocenters. The van der Waals surface area contributed by atoms with E-state index in [0.717, 1.165) is 17.7 Å². The van der Waals surface area contributed by atoms with Crippen LogP contribution in [0.3, 0.4) is 0 Å². The Morgan fingerprint density at radius 3 is 2.47 bits per heavy atom. The highest BCUT2D eigenvalue weighted by molar-refractivity contribution is 9.10. The zero-order chi connectivity index (χ0) is 12.3. The SMILES string of the molecule is CCCCc1ccc(-c2nc(C)oc2Br)cc1. The Labute approximate surface area is 110 Å². The number of halogens is 1. The zero-order valence-electron chi connectivity index (χ0n) is 10.2. The van der Waals surface area contributed by atoms with Gasteiger partial charge in [0.05, 0.1) is 0 Å². The van der Waals surface area contributed by atoms with Crippen molar-refractivity contribution in [2.75, 3.05) is 0 Å². The third-order valence-corrected chi connectivity index (χ3v) is 3.28. The van der Waals surface area contributed by atoms with Crippen LogP contribution >= 0.6 is 15.9 Å². The van der Waals surface area contributed by atoms with E-state index in [1.54, 1.807) is 0 Å². The molecule has 0 saturated carbocycles. The van der Waals surface area contributed by atoms with Gasteiger partial charge in [-0.2, -0.15) is 0 Å². The van der Waals surface area contributed by atoms with Gasteiger partial charge in [-0.25, -0.2) is 4.98 Å². The molecule has 0 bridgehead atoms. The molecule has 0 spiro atoms. The normalized spacial score (nSPS) is 10.8. The number of aryl methyl sites for hydroxylation is 2. The molecule has 1 aromatic carbocycles. The van der Waals surface area contributed by atoms with E-state index in [1.807, 2.05) is 6.92 Å². The van der Waals surface area contributed by atoms with E-state index in [1.165, 1.54) is 18.4 Å². The third kappa shape index (κ3) is 2.97. The van der Waals surface area contributed by atoms with Gasteiger partial charge in [-0.1, -0.05) is 37.6 Å². The summed E-state index contributed by atoms with van der Waals surface area (Å²) >= 11 is 3.39. The van der Waals surface area contributed by atoms with Crippen molar-refractivity contribution in [2.24, 2.45) is 0 Å². The van der Waals surface area contributed by atoms with Crippen LogP contribution in [0.4, 0.5) is 0 Å². The first-order valence-electron chi connectivity index (χ1n) is 5.93. The number of hydrogen-bond donors (Lipinski definition) is 0. The number of nitrogens with zero attached hydrogens (tertiary/aromatic N) is 1. The molecular weight excluding hydrogens is 278 g/mol. The van der Waals surface area contributed by atoms with Gasteiger partial charge in [-0.05, 0) is 34.3 Å². The van der Waals surface area contributed by atoms with Gasteiger partial charge in [0.25, 0.3) is 0 Å². The molecule has 1 heterocycles. The van der Waals surface area contributed by atoms with Gasteiger partial charge in [0, 0.05) is 12.5 Å². The lowest BCUT2D eigenvalue weighted by molar-refractivity contribution is 0.500. The molecule has 0 radical (unpaired) electrons. The highest BCUT2D eigenvalue weighted by atomic mass is 79.9. The fourth-order valence-electron chi connectivity index (χ4n) is 1.79. The highest BCUT2D eigenvalue weighted by Crippen LogP contribution is 2.28. The van der Waals surface area contributed by atoms with Crippen molar-refractivity contribution in [3.8, 4) is 11.3 Å². The minimum Gasteiger partial charge on any atom is -0.434 e. The van der Waals surface area contributed by atoms with E-state index in [9.17, 15) is 0 Å². The maximum atomic E-state index is 5.37. The summed E-state index contributed by atoms with van der Waals surface area (Å²) in [7, 11) is 0. The van der Waals surface area contributed by atoms with Crippen molar-refractivity contribution >= 4 is 15.9 Å². The van der Waals surface area contributed by atoms with Crippen molar-refractivity contribution in [1.29, 1.82) is 0 Å². The van der Waals surface area contributed by atoms with Crippen LogP contribution in [0.5, 0.6) is 0 Å². The quantitative estimate of drug-likeness (QED) is 0.813. The molecule has 1 aromatic heterocycles. The second kappa shape index (κ2) is 5.50. The number of rotatable bonds is 4. The van der Waals surface area contributed by atoms with Gasteiger partial charge < -0.3 is 4.42 Å². The summed E-state index contributed by atoms with van der Waals surface area (Å²) in [5, 5.41) is 0. The lowest BCUT2D eigenvalue weighted by atomic mass is 10.1. The van der Waals surface area contributed by atoms with Gasteiger partial charge >= 0.3 is 0 Å². The molecule has 3 heteroatoms. The van der Waals surface area contributed by atoms with E-state index in [2.05, 4.69) is 52.1 Å². The molecular formula is C14H16BrNO. The summed E-state index contributed by atoms with van der Waals surface area (Å²) in [6, 6.07) is 8.54. The van der Waals surface area contributed by atoms with Crippen LogP contribution in [0.2, 0.25) is 0 Å². The highest BCUT2D eigenvalue weighted by Gasteiger charge is 2.10. The Kier molecular flexibility index (Phi) is 4.00. The first-order chi connectivity index (χ1) is 8.20. The zero-order valence-corrected chi connectivity index (χ0v) is 11.8. The Morgan fingerprint density at radius 2 is 1.94 bits per heavy atom. The molecule has 2 aromatic rings. The van der Waals surface area contributed by atoms with E-state index < -0.39 is 0 Å². The fourth-order valence-corrected chi connectivity index (χ4v) is 2.34. The topological polar surface area (TPSA) is 26.0 Å². The molecule has 0 N–H and O–H groups in total. The van der Waals surface area contributed by atoms with E-state index >= 15 is 0 Å². The number of hydrogen-bond acceptors (Lipinski definition) is 2. The largest absolute Gasteiger partial charge is 0.434 e. The second-order valence-corrected chi connectivity index (χ2v) is 4.88. The predicted octanol–water partition coefficient (Wildman–Crippen LogP) is 4.76. The van der Waals surface area contributed by atoms with E-state index in [-0.39, 0.29) is 0 Å². The number of benzene rings is 1. The van der Waals surface area contributed by atoms with E-state index in [4.69, 9.17) is 4.42 Å². The summed E-state index contributed by atoms with van der Waals surface area (Å²) in [5.74, 6) is 0.682. The number of aromatic nitrogens is 1. The van der Waals surface area contributed by atoms with Gasteiger partial charge in [0.2, 0.25) is 0 Å². The third-order valence-electron chi connectivity index (χ3n) is 2.74. The summed E-state index contributed by atoms with van der Waals surface area (Å²) in [6.45, 7) is 4.06. The standard InChI is InChI=1S/C14H16BrNO/c1-3-4-5-11-6-8-12(9-7-11)13-14(15)17-10(2)16-13/h6-9H,3-5H2,1-2H3. The Balaban J connectivity index is 2.20. The molecule has 90 valence electrons. The van der Waals surface area contributed by atoms with Gasteiger partial charge in [0.15, 0.2) is 10.6 Å².